The van der Waals surface area contributed by atoms with Crippen LogP contribution in [0.15, 0.2) is 0 Å². The Bertz CT molecular complexity index is 367. The molecule has 1 heterocycles. The van der Waals surface area contributed by atoms with E-state index in [0.717, 1.165) is 24.8 Å². The topological polar surface area (TPSA) is 47.0 Å². The second-order valence-corrected chi connectivity index (χ2v) is 5.31. The number of alkyl halides is 3. The number of nitrogens with one attached hydrogen (secondary N) is 1. The molecule has 1 aromatic heterocycles. The predicted molar refractivity (Wildman–Crippen MR) is 62.6 cm³/mol. The second-order valence-electron chi connectivity index (χ2n) is 4.29. The largest absolute Gasteiger partial charge is 0.456 e. The summed E-state index contributed by atoms with van der Waals surface area (Å²) in [7, 11) is 0. The molecule has 0 aliphatic rings. The molecule has 0 saturated heterocycles. The SMILES string of the molecule is CC(C)CNCc1nnc(OC(C)C(F)(F)F)s1. The molecular weight excluding hydrogens is 267 g/mol. The quantitative estimate of drug-likeness (QED) is 0.872. The van der Waals surface area contributed by atoms with Crippen molar-refractivity contribution in [2.24, 2.45) is 5.92 Å². The van der Waals surface area contributed by atoms with Crippen molar-refractivity contribution in [2.45, 2.75) is 39.6 Å². The van der Waals surface area contributed by atoms with E-state index in [1.165, 1.54) is 0 Å². The Balaban J connectivity index is 2.43. The van der Waals surface area contributed by atoms with Crippen molar-refractivity contribution in [2.75, 3.05) is 6.54 Å². The summed E-state index contributed by atoms with van der Waals surface area (Å²) in [6.07, 6.45) is -6.26. The molecule has 18 heavy (non-hydrogen) atoms. The number of aromatic nitrogens is 2. The zero-order chi connectivity index (χ0) is 13.8. The van der Waals surface area contributed by atoms with Crippen LogP contribution in [0.2, 0.25) is 0 Å². The summed E-state index contributed by atoms with van der Waals surface area (Å²) in [5.41, 5.74) is 0. The molecule has 0 aromatic carbocycles. The van der Waals surface area contributed by atoms with E-state index in [-0.39, 0.29) is 5.19 Å². The maximum atomic E-state index is 12.3. The van der Waals surface area contributed by atoms with Crippen LogP contribution >= 0.6 is 11.3 Å². The first-order valence-electron chi connectivity index (χ1n) is 5.55. The summed E-state index contributed by atoms with van der Waals surface area (Å²) in [6.45, 7) is 6.37. The molecule has 0 amide bonds. The molecule has 0 saturated carbocycles. The van der Waals surface area contributed by atoms with Gasteiger partial charge < -0.3 is 10.1 Å². The Morgan fingerprint density at radius 2 is 1.94 bits per heavy atom. The van der Waals surface area contributed by atoms with Crippen molar-refractivity contribution in [1.29, 1.82) is 0 Å². The lowest BCUT2D eigenvalue weighted by molar-refractivity contribution is -0.189. The van der Waals surface area contributed by atoms with Gasteiger partial charge in [0.15, 0.2) is 6.10 Å². The van der Waals surface area contributed by atoms with E-state index in [2.05, 4.69) is 34.1 Å². The summed E-state index contributed by atoms with van der Waals surface area (Å²) in [4.78, 5) is 0. The van der Waals surface area contributed by atoms with Gasteiger partial charge in [0.05, 0.1) is 0 Å². The van der Waals surface area contributed by atoms with Gasteiger partial charge in [0.1, 0.15) is 5.01 Å². The highest BCUT2D eigenvalue weighted by molar-refractivity contribution is 7.13. The first-order valence-corrected chi connectivity index (χ1v) is 6.37. The Kier molecular flexibility index (Phi) is 5.33. The Hall–Kier alpha value is -0.890. The molecular formula is C10H16F3N3OS. The van der Waals surface area contributed by atoms with Crippen LogP contribution in [-0.2, 0) is 6.54 Å². The molecule has 1 aromatic rings. The lowest BCUT2D eigenvalue weighted by Crippen LogP contribution is -2.31. The molecule has 0 radical (unpaired) electrons. The average molecular weight is 283 g/mol. The van der Waals surface area contributed by atoms with E-state index >= 15 is 0 Å². The third kappa shape index (κ3) is 5.18. The van der Waals surface area contributed by atoms with Crippen LogP contribution in [0.25, 0.3) is 0 Å². The minimum atomic E-state index is -4.39. The molecule has 0 bridgehead atoms. The summed E-state index contributed by atoms with van der Waals surface area (Å²) in [5, 5.41) is 11.0. The van der Waals surface area contributed by atoms with Crippen LogP contribution in [0.4, 0.5) is 13.2 Å². The Labute approximate surface area is 108 Å². The van der Waals surface area contributed by atoms with Gasteiger partial charge in [-0.3, -0.25) is 0 Å². The summed E-state index contributed by atoms with van der Waals surface area (Å²) in [5.74, 6) is 0.499. The standard InChI is InChI=1S/C10H16F3N3OS/c1-6(2)4-14-5-8-15-16-9(18-8)17-7(3)10(11,12)13/h6-7,14H,4-5H2,1-3H3. The van der Waals surface area contributed by atoms with Crippen LogP contribution in [-0.4, -0.2) is 29.0 Å². The molecule has 0 fully saturated rings. The number of nitrogens with zero attached hydrogens (tertiary/aromatic N) is 2. The highest BCUT2D eigenvalue weighted by Crippen LogP contribution is 2.26. The van der Waals surface area contributed by atoms with Gasteiger partial charge in [0.2, 0.25) is 0 Å². The molecule has 1 rings (SSSR count). The van der Waals surface area contributed by atoms with Gasteiger partial charge >= 0.3 is 6.18 Å². The van der Waals surface area contributed by atoms with E-state index in [9.17, 15) is 13.2 Å². The summed E-state index contributed by atoms with van der Waals surface area (Å²) < 4.78 is 41.4. The van der Waals surface area contributed by atoms with Gasteiger partial charge in [0, 0.05) is 6.54 Å². The van der Waals surface area contributed by atoms with Crippen molar-refractivity contribution in [3.8, 4) is 5.19 Å². The number of rotatable bonds is 6. The van der Waals surface area contributed by atoms with E-state index < -0.39 is 12.3 Å². The molecule has 0 aliphatic carbocycles. The van der Waals surface area contributed by atoms with E-state index in [4.69, 9.17) is 0 Å². The van der Waals surface area contributed by atoms with Crippen LogP contribution < -0.4 is 10.1 Å². The van der Waals surface area contributed by atoms with Crippen molar-refractivity contribution in [3.63, 3.8) is 0 Å². The third-order valence-electron chi connectivity index (χ3n) is 2.02. The fourth-order valence-electron chi connectivity index (χ4n) is 1.04. The normalized spacial score (nSPS) is 13.9. The van der Waals surface area contributed by atoms with Crippen molar-refractivity contribution >= 4 is 11.3 Å². The second kappa shape index (κ2) is 6.33. The van der Waals surface area contributed by atoms with Gasteiger partial charge in [-0.2, -0.15) is 13.2 Å². The number of hydrogen-bond acceptors (Lipinski definition) is 5. The molecule has 1 atom stereocenters. The Morgan fingerprint density at radius 1 is 1.28 bits per heavy atom. The fraction of sp³-hybridized carbons (Fsp3) is 0.800. The maximum Gasteiger partial charge on any atom is 0.425 e. The fourth-order valence-corrected chi connectivity index (χ4v) is 1.77. The maximum absolute atomic E-state index is 12.3. The molecule has 104 valence electrons. The first kappa shape index (κ1) is 15.2. The molecule has 1 N–H and O–H groups in total. The summed E-state index contributed by atoms with van der Waals surface area (Å²) >= 11 is 1.02. The number of ether oxygens (including phenoxy) is 1. The smallest absolute Gasteiger partial charge is 0.425 e. The van der Waals surface area contributed by atoms with Crippen LogP contribution in [0.1, 0.15) is 25.8 Å². The Morgan fingerprint density at radius 3 is 2.50 bits per heavy atom. The van der Waals surface area contributed by atoms with E-state index in [1.54, 1.807) is 0 Å². The molecule has 1 unspecified atom stereocenters. The summed E-state index contributed by atoms with van der Waals surface area (Å²) in [6, 6.07) is 0. The van der Waals surface area contributed by atoms with Crippen molar-refractivity contribution < 1.29 is 17.9 Å². The van der Waals surface area contributed by atoms with Crippen LogP contribution in [0, 0.1) is 5.92 Å². The predicted octanol–water partition coefficient (Wildman–Crippen LogP) is 2.61. The molecule has 0 spiro atoms. The van der Waals surface area contributed by atoms with E-state index in [0.29, 0.717) is 17.5 Å². The number of halogens is 3. The minimum Gasteiger partial charge on any atom is -0.456 e. The van der Waals surface area contributed by atoms with E-state index in [1.807, 2.05) is 0 Å². The third-order valence-corrected chi connectivity index (χ3v) is 2.83. The zero-order valence-electron chi connectivity index (χ0n) is 10.4. The van der Waals surface area contributed by atoms with Gasteiger partial charge in [-0.25, -0.2) is 0 Å². The van der Waals surface area contributed by atoms with Crippen LogP contribution in [0.5, 0.6) is 5.19 Å². The zero-order valence-corrected chi connectivity index (χ0v) is 11.2. The minimum absolute atomic E-state index is 0.0545. The van der Waals surface area contributed by atoms with Crippen molar-refractivity contribution in [3.05, 3.63) is 5.01 Å². The molecule has 4 nitrogen and oxygen atoms in total. The lowest BCUT2D eigenvalue weighted by atomic mass is 10.2. The average Bonchev–Trinajstić information content (AvgIpc) is 2.63. The van der Waals surface area contributed by atoms with Gasteiger partial charge in [-0.05, 0) is 19.4 Å². The van der Waals surface area contributed by atoms with Gasteiger partial charge in [-0.1, -0.05) is 30.3 Å². The van der Waals surface area contributed by atoms with Gasteiger partial charge in [-0.15, -0.1) is 5.10 Å². The lowest BCUT2D eigenvalue weighted by Gasteiger charge is -2.14. The van der Waals surface area contributed by atoms with Gasteiger partial charge in [0.25, 0.3) is 5.19 Å². The number of hydrogen-bond donors (Lipinski definition) is 1. The highest BCUT2D eigenvalue weighted by Gasteiger charge is 2.38. The monoisotopic (exact) mass is 283 g/mol. The van der Waals surface area contributed by atoms with Crippen molar-refractivity contribution in [1.82, 2.24) is 15.5 Å². The first-order chi connectivity index (χ1) is 8.29. The highest BCUT2D eigenvalue weighted by atomic mass is 32.1. The van der Waals surface area contributed by atoms with Crippen LogP contribution in [0.3, 0.4) is 0 Å². The molecule has 0 aliphatic heterocycles. The molecule has 8 heteroatoms.